The van der Waals surface area contributed by atoms with Gasteiger partial charge in [-0.2, -0.15) is 0 Å². The van der Waals surface area contributed by atoms with Crippen molar-refractivity contribution < 1.29 is 9.53 Å². The summed E-state index contributed by atoms with van der Waals surface area (Å²) >= 11 is 0. The molecule has 4 heteroatoms. The lowest BCUT2D eigenvalue weighted by atomic mass is 10.2. The van der Waals surface area contributed by atoms with E-state index in [-0.39, 0.29) is 12.0 Å². The number of nitrogens with one attached hydrogen (secondary N) is 1. The van der Waals surface area contributed by atoms with Gasteiger partial charge in [-0.25, -0.2) is 0 Å². The van der Waals surface area contributed by atoms with Gasteiger partial charge in [-0.05, 0) is 38.5 Å². The first-order chi connectivity index (χ1) is 9.13. The molecule has 2 aromatic rings. The lowest BCUT2D eigenvalue weighted by Crippen LogP contribution is -2.42. The Balaban J connectivity index is 1.89. The number of ether oxygens (including phenoxy) is 1. The van der Waals surface area contributed by atoms with Gasteiger partial charge in [0.15, 0.2) is 0 Å². The van der Waals surface area contributed by atoms with Crippen molar-refractivity contribution in [1.82, 2.24) is 9.88 Å². The molecule has 1 N–H and O–H groups in total. The molecule has 0 spiro atoms. The second-order valence-corrected chi connectivity index (χ2v) is 5.24. The quantitative estimate of drug-likeness (QED) is 0.920. The van der Waals surface area contributed by atoms with Gasteiger partial charge in [-0.3, -0.25) is 4.79 Å². The van der Waals surface area contributed by atoms with E-state index in [0.717, 1.165) is 36.2 Å². The van der Waals surface area contributed by atoms with Crippen LogP contribution in [0.25, 0.3) is 10.9 Å². The summed E-state index contributed by atoms with van der Waals surface area (Å²) in [7, 11) is 0. The number of nitrogens with zero attached hydrogens (tertiary/aromatic N) is 1. The predicted molar refractivity (Wildman–Crippen MR) is 74.6 cm³/mol. The van der Waals surface area contributed by atoms with E-state index < -0.39 is 0 Å². The van der Waals surface area contributed by atoms with E-state index in [1.54, 1.807) is 0 Å². The Morgan fingerprint density at radius 3 is 2.74 bits per heavy atom. The number of carbonyl (C=O) groups is 1. The van der Waals surface area contributed by atoms with Crippen LogP contribution < -0.4 is 4.74 Å². The van der Waals surface area contributed by atoms with Crippen molar-refractivity contribution in [1.29, 1.82) is 0 Å². The molecule has 0 saturated carbocycles. The van der Waals surface area contributed by atoms with Crippen molar-refractivity contribution in [2.24, 2.45) is 0 Å². The molecule has 0 bridgehead atoms. The van der Waals surface area contributed by atoms with Crippen molar-refractivity contribution in [2.75, 3.05) is 13.1 Å². The van der Waals surface area contributed by atoms with Crippen LogP contribution in [0.1, 0.15) is 30.8 Å². The Bertz CT molecular complexity index is 612. The number of rotatable bonds is 3. The maximum Gasteiger partial charge on any atom is 0.270 e. The number of aromatic nitrogens is 1. The Hall–Kier alpha value is -1.97. The molecular formula is C15H18N2O2. The molecule has 1 saturated heterocycles. The highest BCUT2D eigenvalue weighted by atomic mass is 16.5. The number of carbonyl (C=O) groups excluding carboxylic acids is 1. The van der Waals surface area contributed by atoms with Gasteiger partial charge in [0, 0.05) is 30.1 Å². The van der Waals surface area contributed by atoms with Crippen LogP contribution in [0.5, 0.6) is 5.75 Å². The average Bonchev–Trinajstić information content (AvgIpc) is 2.68. The second kappa shape index (κ2) is 4.61. The van der Waals surface area contributed by atoms with E-state index in [1.807, 2.05) is 43.0 Å². The third kappa shape index (κ3) is 2.30. The fourth-order valence-corrected chi connectivity index (χ4v) is 2.26. The summed E-state index contributed by atoms with van der Waals surface area (Å²) < 4.78 is 5.66. The second-order valence-electron chi connectivity index (χ2n) is 5.24. The number of aromatic amines is 1. The Kier molecular flexibility index (Phi) is 2.93. The fraction of sp³-hybridized carbons (Fsp3) is 0.400. The molecule has 1 aliphatic rings. The third-order valence-corrected chi connectivity index (χ3v) is 3.34. The number of fused-ring (bicyclic) bond motifs is 1. The van der Waals surface area contributed by atoms with Gasteiger partial charge in [0.2, 0.25) is 0 Å². The average molecular weight is 258 g/mol. The number of benzene rings is 1. The van der Waals surface area contributed by atoms with E-state index in [9.17, 15) is 4.79 Å². The van der Waals surface area contributed by atoms with E-state index in [0.29, 0.717) is 5.69 Å². The van der Waals surface area contributed by atoms with Crippen LogP contribution in [0.2, 0.25) is 0 Å². The molecular weight excluding hydrogens is 240 g/mol. The van der Waals surface area contributed by atoms with Gasteiger partial charge in [0.1, 0.15) is 11.4 Å². The maximum atomic E-state index is 12.1. The minimum Gasteiger partial charge on any atom is -0.491 e. The summed E-state index contributed by atoms with van der Waals surface area (Å²) in [5.74, 6) is 0.918. The van der Waals surface area contributed by atoms with Crippen molar-refractivity contribution in [3.63, 3.8) is 0 Å². The predicted octanol–water partition coefficient (Wildman–Crippen LogP) is 2.80. The lowest BCUT2D eigenvalue weighted by molar-refractivity contribution is 0.0646. The molecule has 4 nitrogen and oxygen atoms in total. The summed E-state index contributed by atoms with van der Waals surface area (Å²) in [6.45, 7) is 5.74. The van der Waals surface area contributed by atoms with Crippen molar-refractivity contribution in [2.45, 2.75) is 26.4 Å². The molecule has 1 aromatic carbocycles. The zero-order valence-electron chi connectivity index (χ0n) is 11.3. The number of H-pyrrole nitrogens is 1. The molecule has 1 fully saturated rings. The molecule has 0 unspecified atom stereocenters. The molecule has 0 aliphatic carbocycles. The SMILES string of the molecule is CC(C)Oc1ccc2cc(C(=O)N3CCC3)[nH]c2c1. The maximum absolute atomic E-state index is 12.1. The zero-order chi connectivity index (χ0) is 13.4. The summed E-state index contributed by atoms with van der Waals surface area (Å²) in [5.41, 5.74) is 1.61. The minimum atomic E-state index is 0.0915. The topological polar surface area (TPSA) is 45.3 Å². The van der Waals surface area contributed by atoms with Crippen molar-refractivity contribution in [3.05, 3.63) is 30.0 Å². The first-order valence-electron chi connectivity index (χ1n) is 6.72. The van der Waals surface area contributed by atoms with Crippen LogP contribution in [-0.4, -0.2) is 35.0 Å². The highest BCUT2D eigenvalue weighted by Gasteiger charge is 2.22. The molecule has 0 radical (unpaired) electrons. The minimum absolute atomic E-state index is 0.0915. The molecule has 1 amide bonds. The molecule has 0 atom stereocenters. The van der Waals surface area contributed by atoms with E-state index in [2.05, 4.69) is 4.98 Å². The highest BCUT2D eigenvalue weighted by Crippen LogP contribution is 2.23. The van der Waals surface area contributed by atoms with Crippen LogP contribution >= 0.6 is 0 Å². The van der Waals surface area contributed by atoms with Gasteiger partial charge in [-0.15, -0.1) is 0 Å². The van der Waals surface area contributed by atoms with Crippen LogP contribution in [0.4, 0.5) is 0 Å². The molecule has 1 aromatic heterocycles. The Morgan fingerprint density at radius 1 is 1.32 bits per heavy atom. The summed E-state index contributed by atoms with van der Waals surface area (Å²) in [5, 5.41) is 1.04. The van der Waals surface area contributed by atoms with Gasteiger partial charge < -0.3 is 14.6 Å². The van der Waals surface area contributed by atoms with Gasteiger partial charge in [0.25, 0.3) is 5.91 Å². The number of amides is 1. The molecule has 1 aliphatic heterocycles. The Labute approximate surface area is 112 Å². The number of hydrogen-bond donors (Lipinski definition) is 1. The summed E-state index contributed by atoms with van der Waals surface area (Å²) in [4.78, 5) is 17.2. The number of likely N-dealkylation sites (tertiary alicyclic amines) is 1. The summed E-state index contributed by atoms with van der Waals surface area (Å²) in [6, 6.07) is 7.78. The lowest BCUT2D eigenvalue weighted by Gasteiger charge is -2.30. The van der Waals surface area contributed by atoms with Crippen LogP contribution in [0, 0.1) is 0 Å². The molecule has 100 valence electrons. The monoisotopic (exact) mass is 258 g/mol. The van der Waals surface area contributed by atoms with Crippen molar-refractivity contribution in [3.8, 4) is 5.75 Å². The van der Waals surface area contributed by atoms with Gasteiger partial charge in [0.05, 0.1) is 6.10 Å². The number of hydrogen-bond acceptors (Lipinski definition) is 2. The van der Waals surface area contributed by atoms with Crippen LogP contribution in [0.3, 0.4) is 0 Å². The standard InChI is InChI=1S/C15H18N2O2/c1-10(2)19-12-5-4-11-8-14(16-13(11)9-12)15(18)17-6-3-7-17/h4-5,8-10,16H,3,6-7H2,1-2H3. The van der Waals surface area contributed by atoms with Crippen molar-refractivity contribution >= 4 is 16.8 Å². The zero-order valence-corrected chi connectivity index (χ0v) is 11.3. The van der Waals surface area contributed by atoms with E-state index in [4.69, 9.17) is 4.74 Å². The molecule has 2 heterocycles. The van der Waals surface area contributed by atoms with Gasteiger partial charge >= 0.3 is 0 Å². The smallest absolute Gasteiger partial charge is 0.270 e. The largest absolute Gasteiger partial charge is 0.491 e. The van der Waals surface area contributed by atoms with Crippen LogP contribution in [-0.2, 0) is 0 Å². The van der Waals surface area contributed by atoms with Gasteiger partial charge in [-0.1, -0.05) is 0 Å². The first-order valence-corrected chi connectivity index (χ1v) is 6.72. The Morgan fingerprint density at radius 2 is 2.11 bits per heavy atom. The first kappa shape index (κ1) is 12.1. The molecule has 3 rings (SSSR count). The van der Waals surface area contributed by atoms with Crippen LogP contribution in [0.15, 0.2) is 24.3 Å². The highest BCUT2D eigenvalue weighted by molar-refractivity contribution is 5.98. The fourth-order valence-electron chi connectivity index (χ4n) is 2.26. The molecule has 19 heavy (non-hydrogen) atoms. The summed E-state index contributed by atoms with van der Waals surface area (Å²) in [6.07, 6.45) is 1.26. The van der Waals surface area contributed by atoms with E-state index >= 15 is 0 Å². The normalized spacial score (nSPS) is 14.8. The van der Waals surface area contributed by atoms with E-state index in [1.165, 1.54) is 0 Å². The third-order valence-electron chi connectivity index (χ3n) is 3.34.